The van der Waals surface area contributed by atoms with E-state index in [0.717, 1.165) is 5.76 Å². The third kappa shape index (κ3) is 4.68. The Hall–Kier alpha value is -3.07. The number of aliphatic hydroxyl groups excluding tert-OH is 1. The fourth-order valence-electron chi connectivity index (χ4n) is 3.08. The van der Waals surface area contributed by atoms with Crippen LogP contribution in [0.3, 0.4) is 0 Å². The second-order valence-electron chi connectivity index (χ2n) is 6.33. The molecule has 0 saturated carbocycles. The molecule has 0 aliphatic carbocycles. The molecule has 4 rings (SSSR count). The first-order valence-electron chi connectivity index (χ1n) is 9.60. The van der Waals surface area contributed by atoms with Crippen molar-refractivity contribution in [1.29, 1.82) is 0 Å². The van der Waals surface area contributed by atoms with E-state index in [9.17, 15) is 9.18 Å². The number of hydrogen-bond acceptors (Lipinski definition) is 7. The van der Waals surface area contributed by atoms with E-state index in [-0.39, 0.29) is 13.2 Å². The number of amides is 1. The van der Waals surface area contributed by atoms with Crippen LogP contribution < -0.4 is 9.80 Å². The first-order valence-corrected chi connectivity index (χ1v) is 9.60. The lowest BCUT2D eigenvalue weighted by molar-refractivity contribution is 0.0963. The largest absolute Gasteiger partial charge is 0.467 e. The molecule has 1 aromatic carbocycles. The number of halogens is 1. The molecule has 29 heavy (non-hydrogen) atoms. The van der Waals surface area contributed by atoms with Crippen molar-refractivity contribution in [3.63, 3.8) is 0 Å². The van der Waals surface area contributed by atoms with Crippen LogP contribution in [0.2, 0.25) is 0 Å². The minimum Gasteiger partial charge on any atom is -0.467 e. The topological polar surface area (TPSA) is 81.8 Å². The van der Waals surface area contributed by atoms with Gasteiger partial charge in [-0.3, -0.25) is 9.91 Å². The van der Waals surface area contributed by atoms with Gasteiger partial charge in [-0.15, -0.1) is 0 Å². The molecule has 1 fully saturated rings. The van der Waals surface area contributed by atoms with Crippen LogP contribution in [0.1, 0.15) is 19.6 Å². The quantitative estimate of drug-likeness (QED) is 0.825. The Bertz CT molecular complexity index is 843. The second kappa shape index (κ2) is 9.42. The van der Waals surface area contributed by atoms with Crippen molar-refractivity contribution in [3.8, 4) is 0 Å². The maximum absolute atomic E-state index is 14.6. The zero-order chi connectivity index (χ0) is 20.8. The van der Waals surface area contributed by atoms with Crippen LogP contribution in [0.15, 0.2) is 46.1 Å². The first kappa shape index (κ1) is 20.7. The molecule has 0 bridgehead atoms. The summed E-state index contributed by atoms with van der Waals surface area (Å²) in [6.45, 7) is 5.68. The molecular formula is C20H25FN4O4. The monoisotopic (exact) mass is 404 g/mol. The van der Waals surface area contributed by atoms with Gasteiger partial charge in [-0.25, -0.2) is 9.18 Å². The lowest BCUT2D eigenvalue weighted by atomic mass is 10.2. The summed E-state index contributed by atoms with van der Waals surface area (Å²) in [5, 5.41) is 15.3. The number of aliphatic hydroxyl groups is 1. The van der Waals surface area contributed by atoms with E-state index in [1.165, 1.54) is 11.0 Å². The van der Waals surface area contributed by atoms with Crippen LogP contribution in [0.4, 0.5) is 20.6 Å². The summed E-state index contributed by atoms with van der Waals surface area (Å²) in [6.07, 6.45) is 2.02. The Morgan fingerprint density at radius 2 is 2.10 bits per heavy atom. The third-order valence-electron chi connectivity index (χ3n) is 4.50. The van der Waals surface area contributed by atoms with Crippen molar-refractivity contribution in [2.24, 2.45) is 5.10 Å². The molecule has 1 N–H and O–H groups in total. The fourth-order valence-corrected chi connectivity index (χ4v) is 3.08. The molecule has 1 atom stereocenters. The highest BCUT2D eigenvalue weighted by atomic mass is 19.1. The Morgan fingerprint density at radius 3 is 2.69 bits per heavy atom. The molecule has 2 aliphatic heterocycles. The van der Waals surface area contributed by atoms with Gasteiger partial charge in [0.2, 0.25) is 0 Å². The number of hydrogen-bond donors (Lipinski definition) is 1. The highest BCUT2D eigenvalue weighted by molar-refractivity contribution is 5.90. The van der Waals surface area contributed by atoms with Gasteiger partial charge in [-0.1, -0.05) is 13.8 Å². The average molecular weight is 404 g/mol. The molecule has 2 aliphatic rings. The van der Waals surface area contributed by atoms with Gasteiger partial charge in [0.15, 0.2) is 0 Å². The lowest BCUT2D eigenvalue weighted by Crippen LogP contribution is -2.38. The van der Waals surface area contributed by atoms with Crippen LogP contribution in [0, 0.1) is 5.82 Å². The maximum atomic E-state index is 14.6. The highest BCUT2D eigenvalue weighted by Crippen LogP contribution is 2.28. The van der Waals surface area contributed by atoms with E-state index in [2.05, 4.69) is 5.10 Å². The Balaban J connectivity index is 0.00000117. The Morgan fingerprint density at radius 1 is 1.28 bits per heavy atom. The molecular weight excluding hydrogens is 379 g/mol. The third-order valence-corrected chi connectivity index (χ3v) is 4.50. The zero-order valence-electron chi connectivity index (χ0n) is 16.5. The van der Waals surface area contributed by atoms with Crippen LogP contribution >= 0.6 is 0 Å². The molecule has 0 radical (unpaired) electrons. The molecule has 156 valence electrons. The van der Waals surface area contributed by atoms with Gasteiger partial charge >= 0.3 is 6.09 Å². The molecule has 9 heteroatoms. The lowest BCUT2D eigenvalue weighted by Gasteiger charge is -2.30. The van der Waals surface area contributed by atoms with Gasteiger partial charge < -0.3 is 19.2 Å². The smallest absolute Gasteiger partial charge is 0.414 e. The average Bonchev–Trinajstić information content (AvgIpc) is 3.39. The number of ether oxygens (including phenoxy) is 1. The Labute approximate surface area is 168 Å². The number of anilines is 2. The number of cyclic esters (lactones) is 1. The number of carbonyl (C=O) groups excluding carboxylic acids is 1. The van der Waals surface area contributed by atoms with Crippen molar-refractivity contribution < 1.29 is 23.4 Å². The summed E-state index contributed by atoms with van der Waals surface area (Å²) >= 11 is 0. The van der Waals surface area contributed by atoms with Crippen LogP contribution in [0.25, 0.3) is 0 Å². The molecule has 0 spiro atoms. The van der Waals surface area contributed by atoms with Crippen molar-refractivity contribution >= 4 is 23.8 Å². The van der Waals surface area contributed by atoms with Gasteiger partial charge in [-0.2, -0.15) is 5.10 Å². The predicted molar refractivity (Wildman–Crippen MR) is 107 cm³/mol. The van der Waals surface area contributed by atoms with E-state index in [4.69, 9.17) is 14.3 Å². The summed E-state index contributed by atoms with van der Waals surface area (Å²) in [5.41, 5.74) is 0.775. The molecule has 1 amide bonds. The Kier molecular flexibility index (Phi) is 6.71. The minimum atomic E-state index is -0.589. The van der Waals surface area contributed by atoms with Gasteiger partial charge in [0.25, 0.3) is 0 Å². The number of benzene rings is 1. The van der Waals surface area contributed by atoms with Crippen LogP contribution in [0.5, 0.6) is 0 Å². The molecule has 1 saturated heterocycles. The molecule has 2 aromatic rings. The molecule has 1 aromatic heterocycles. The predicted octanol–water partition coefficient (Wildman–Crippen LogP) is 3.03. The van der Waals surface area contributed by atoms with Crippen molar-refractivity contribution in [1.82, 2.24) is 5.01 Å². The van der Waals surface area contributed by atoms with E-state index < -0.39 is 18.0 Å². The first-order chi connectivity index (χ1) is 14.1. The van der Waals surface area contributed by atoms with Crippen LogP contribution in [-0.2, 0) is 11.3 Å². The van der Waals surface area contributed by atoms with Crippen LogP contribution in [-0.4, -0.2) is 54.9 Å². The zero-order valence-corrected chi connectivity index (χ0v) is 16.5. The standard InChI is InChI=1S/C18H19FN4O4.C2H6/c19-16-8-13(23-10-15(11-24)27-18(23)25)3-4-17(16)21-5-6-22(20-12-21)9-14-2-1-7-26-14;1-2/h1-4,7-8,12,15,24H,5-6,9-11H2;1-2H3. The van der Waals surface area contributed by atoms with E-state index in [1.54, 1.807) is 29.6 Å². The maximum Gasteiger partial charge on any atom is 0.414 e. The van der Waals surface area contributed by atoms with E-state index in [1.807, 2.05) is 31.0 Å². The summed E-state index contributed by atoms with van der Waals surface area (Å²) < 4.78 is 24.9. The molecule has 8 nitrogen and oxygen atoms in total. The van der Waals surface area contributed by atoms with Gasteiger partial charge in [-0.05, 0) is 30.3 Å². The van der Waals surface area contributed by atoms with Crippen molar-refractivity contribution in [2.75, 3.05) is 36.0 Å². The number of furan rings is 1. The number of nitrogens with zero attached hydrogens (tertiary/aromatic N) is 4. The minimum absolute atomic E-state index is 0.195. The summed E-state index contributed by atoms with van der Waals surface area (Å²) in [6, 6.07) is 8.26. The molecule has 3 heterocycles. The highest BCUT2D eigenvalue weighted by Gasteiger charge is 2.32. The van der Waals surface area contributed by atoms with Crippen molar-refractivity contribution in [2.45, 2.75) is 26.5 Å². The van der Waals surface area contributed by atoms with E-state index in [0.29, 0.717) is 31.0 Å². The second-order valence-corrected chi connectivity index (χ2v) is 6.33. The van der Waals surface area contributed by atoms with Gasteiger partial charge in [0, 0.05) is 6.54 Å². The van der Waals surface area contributed by atoms with Crippen molar-refractivity contribution in [3.05, 3.63) is 48.2 Å². The summed E-state index contributed by atoms with van der Waals surface area (Å²) in [7, 11) is 0. The number of rotatable bonds is 5. The summed E-state index contributed by atoms with van der Waals surface area (Å²) in [4.78, 5) is 14.9. The van der Waals surface area contributed by atoms with Gasteiger partial charge in [0.1, 0.15) is 24.0 Å². The molecule has 1 unspecified atom stereocenters. The number of carbonyl (C=O) groups is 1. The SMILES string of the molecule is CC.O=C1OC(CO)CN1c1ccc(N2C=NN(Cc3ccco3)CC2)c(F)c1. The van der Waals surface area contributed by atoms with E-state index >= 15 is 0 Å². The normalized spacial score (nSPS) is 18.6. The van der Waals surface area contributed by atoms with Gasteiger partial charge in [0.05, 0.1) is 43.9 Å². The fraction of sp³-hybridized carbons (Fsp3) is 0.400. The summed E-state index contributed by atoms with van der Waals surface area (Å²) in [5.74, 6) is 0.355. The number of hydrazone groups is 1.